The van der Waals surface area contributed by atoms with Gasteiger partial charge in [-0.1, -0.05) is 12.5 Å². The minimum Gasteiger partial charge on any atom is -0.340 e. The zero-order valence-corrected chi connectivity index (χ0v) is 11.6. The molecule has 104 valence electrons. The molecule has 0 spiro atoms. The van der Waals surface area contributed by atoms with Gasteiger partial charge in [0.25, 0.3) is 0 Å². The number of nitrogens with zero attached hydrogens (tertiary/aromatic N) is 2. The van der Waals surface area contributed by atoms with Gasteiger partial charge >= 0.3 is 0 Å². The Labute approximate surface area is 115 Å². The molecule has 19 heavy (non-hydrogen) atoms. The minimum absolute atomic E-state index is 0.207. The molecule has 4 nitrogen and oxygen atoms in total. The Hall–Kier alpha value is -1.42. The fourth-order valence-electron chi connectivity index (χ4n) is 2.48. The van der Waals surface area contributed by atoms with Gasteiger partial charge in [-0.25, -0.2) is 0 Å². The number of pyridine rings is 1. The summed E-state index contributed by atoms with van der Waals surface area (Å²) in [6.07, 6.45) is 7.10. The van der Waals surface area contributed by atoms with Gasteiger partial charge in [0.2, 0.25) is 5.91 Å². The summed E-state index contributed by atoms with van der Waals surface area (Å²) in [5, 5.41) is 3.48. The second-order valence-electron chi connectivity index (χ2n) is 5.26. The second kappa shape index (κ2) is 7.24. The Kier molecular flexibility index (Phi) is 5.33. The molecule has 1 aliphatic heterocycles. The predicted molar refractivity (Wildman–Crippen MR) is 75.6 cm³/mol. The highest BCUT2D eigenvalue weighted by Gasteiger charge is 2.16. The van der Waals surface area contributed by atoms with Crippen molar-refractivity contribution in [1.29, 1.82) is 0 Å². The Balaban J connectivity index is 1.73. The second-order valence-corrected chi connectivity index (χ2v) is 5.26. The van der Waals surface area contributed by atoms with Gasteiger partial charge in [-0.3, -0.25) is 9.78 Å². The molecular weight excluding hydrogens is 238 g/mol. The van der Waals surface area contributed by atoms with E-state index in [9.17, 15) is 4.79 Å². The summed E-state index contributed by atoms with van der Waals surface area (Å²) in [6.45, 7) is 1.69. The van der Waals surface area contributed by atoms with E-state index in [1.54, 1.807) is 11.1 Å². The maximum atomic E-state index is 12.1. The molecule has 2 heterocycles. The van der Waals surface area contributed by atoms with Gasteiger partial charge < -0.3 is 10.2 Å². The van der Waals surface area contributed by atoms with E-state index in [-0.39, 0.29) is 5.91 Å². The van der Waals surface area contributed by atoms with Crippen LogP contribution in [-0.4, -0.2) is 35.4 Å². The fourth-order valence-corrected chi connectivity index (χ4v) is 2.48. The van der Waals surface area contributed by atoms with Crippen molar-refractivity contribution in [2.45, 2.75) is 44.7 Å². The summed E-state index contributed by atoms with van der Waals surface area (Å²) < 4.78 is 0. The lowest BCUT2D eigenvalue weighted by Crippen LogP contribution is -2.35. The van der Waals surface area contributed by atoms with Crippen molar-refractivity contribution in [2.24, 2.45) is 0 Å². The van der Waals surface area contributed by atoms with E-state index in [0.717, 1.165) is 18.7 Å². The van der Waals surface area contributed by atoms with Crippen molar-refractivity contribution in [1.82, 2.24) is 15.2 Å². The van der Waals surface area contributed by atoms with Gasteiger partial charge in [-0.05, 0) is 37.9 Å². The first kappa shape index (κ1) is 14.0. The lowest BCUT2D eigenvalue weighted by atomic mass is 10.0. The first-order valence-corrected chi connectivity index (χ1v) is 7.13. The summed E-state index contributed by atoms with van der Waals surface area (Å²) in [5.41, 5.74) is 0.939. The number of hydrogen-bond acceptors (Lipinski definition) is 3. The van der Waals surface area contributed by atoms with Gasteiger partial charge in [0.15, 0.2) is 0 Å². The highest BCUT2D eigenvalue weighted by atomic mass is 16.2. The standard InChI is InChI=1S/C15H23N3O/c1-18(12-14-7-3-5-11-17-14)15(19)9-8-13-6-2-4-10-16-13/h3,5,7,11,13,16H,2,4,6,8-10,12H2,1H3. The molecule has 4 heteroatoms. The predicted octanol–water partition coefficient (Wildman–Crippen LogP) is 1.96. The molecule has 0 saturated carbocycles. The molecule has 1 aromatic heterocycles. The largest absolute Gasteiger partial charge is 0.340 e. The van der Waals surface area contributed by atoms with Gasteiger partial charge in [0.05, 0.1) is 12.2 Å². The van der Waals surface area contributed by atoms with Crippen molar-refractivity contribution >= 4 is 5.91 Å². The van der Waals surface area contributed by atoms with E-state index in [0.29, 0.717) is 19.0 Å². The molecular formula is C15H23N3O. The lowest BCUT2D eigenvalue weighted by Gasteiger charge is -2.24. The van der Waals surface area contributed by atoms with E-state index in [1.807, 2.05) is 25.2 Å². The normalized spacial score (nSPS) is 19.1. The number of carbonyl (C=O) groups is 1. The molecule has 1 amide bonds. The number of nitrogens with one attached hydrogen (secondary N) is 1. The molecule has 1 N–H and O–H groups in total. The van der Waals surface area contributed by atoms with Crippen molar-refractivity contribution < 1.29 is 4.79 Å². The van der Waals surface area contributed by atoms with Crippen molar-refractivity contribution in [3.63, 3.8) is 0 Å². The van der Waals surface area contributed by atoms with E-state index in [4.69, 9.17) is 0 Å². The molecule has 1 aromatic rings. The smallest absolute Gasteiger partial charge is 0.222 e. The molecule has 1 unspecified atom stereocenters. The molecule has 1 atom stereocenters. The molecule has 1 fully saturated rings. The van der Waals surface area contributed by atoms with Crippen LogP contribution in [0.5, 0.6) is 0 Å². The average molecular weight is 261 g/mol. The van der Waals surface area contributed by atoms with Gasteiger partial charge in [-0.15, -0.1) is 0 Å². The van der Waals surface area contributed by atoms with Crippen LogP contribution in [0.25, 0.3) is 0 Å². The highest BCUT2D eigenvalue weighted by molar-refractivity contribution is 5.75. The average Bonchev–Trinajstić information content (AvgIpc) is 2.47. The van der Waals surface area contributed by atoms with Crippen LogP contribution in [0.3, 0.4) is 0 Å². The quantitative estimate of drug-likeness (QED) is 0.881. The Morgan fingerprint density at radius 3 is 3.05 bits per heavy atom. The Morgan fingerprint density at radius 1 is 1.47 bits per heavy atom. The Bertz CT molecular complexity index is 388. The third-order valence-electron chi connectivity index (χ3n) is 3.67. The van der Waals surface area contributed by atoms with Crippen molar-refractivity contribution in [2.75, 3.05) is 13.6 Å². The maximum absolute atomic E-state index is 12.1. The van der Waals surface area contributed by atoms with Gasteiger partial charge in [-0.2, -0.15) is 0 Å². The zero-order valence-electron chi connectivity index (χ0n) is 11.6. The van der Waals surface area contributed by atoms with E-state index in [1.165, 1.54) is 19.3 Å². The molecule has 0 aromatic carbocycles. The monoisotopic (exact) mass is 261 g/mol. The molecule has 0 aliphatic carbocycles. The molecule has 1 saturated heterocycles. The molecule has 1 aliphatic rings. The lowest BCUT2D eigenvalue weighted by molar-refractivity contribution is -0.130. The maximum Gasteiger partial charge on any atom is 0.222 e. The highest BCUT2D eigenvalue weighted by Crippen LogP contribution is 2.12. The summed E-state index contributed by atoms with van der Waals surface area (Å²) in [7, 11) is 1.85. The van der Waals surface area contributed by atoms with E-state index >= 15 is 0 Å². The van der Waals surface area contributed by atoms with Gasteiger partial charge in [0, 0.05) is 25.7 Å². The first-order chi connectivity index (χ1) is 9.25. The molecule has 0 radical (unpaired) electrons. The third-order valence-corrected chi connectivity index (χ3v) is 3.67. The number of amides is 1. The first-order valence-electron chi connectivity index (χ1n) is 7.13. The van der Waals surface area contributed by atoms with Crippen LogP contribution in [0, 0.1) is 0 Å². The number of carbonyl (C=O) groups excluding carboxylic acids is 1. The Morgan fingerprint density at radius 2 is 2.37 bits per heavy atom. The van der Waals surface area contributed by atoms with Crippen LogP contribution in [0.1, 0.15) is 37.8 Å². The van der Waals surface area contributed by atoms with Crippen LogP contribution in [-0.2, 0) is 11.3 Å². The van der Waals surface area contributed by atoms with Crippen LogP contribution in [0.2, 0.25) is 0 Å². The SMILES string of the molecule is CN(Cc1ccccn1)C(=O)CCC1CCCCN1. The van der Waals surface area contributed by atoms with Crippen LogP contribution >= 0.6 is 0 Å². The minimum atomic E-state index is 0.207. The summed E-state index contributed by atoms with van der Waals surface area (Å²) >= 11 is 0. The fraction of sp³-hybridized carbons (Fsp3) is 0.600. The summed E-state index contributed by atoms with van der Waals surface area (Å²) in [5.74, 6) is 0.207. The third kappa shape index (κ3) is 4.63. The zero-order chi connectivity index (χ0) is 13.5. The van der Waals surface area contributed by atoms with E-state index in [2.05, 4.69) is 10.3 Å². The number of aromatic nitrogens is 1. The van der Waals surface area contributed by atoms with Crippen LogP contribution in [0.4, 0.5) is 0 Å². The van der Waals surface area contributed by atoms with Crippen LogP contribution < -0.4 is 5.32 Å². The molecule has 2 rings (SSSR count). The van der Waals surface area contributed by atoms with Gasteiger partial charge in [0.1, 0.15) is 0 Å². The number of rotatable bonds is 5. The number of hydrogen-bond donors (Lipinski definition) is 1. The van der Waals surface area contributed by atoms with Crippen molar-refractivity contribution in [3.05, 3.63) is 30.1 Å². The molecule has 0 bridgehead atoms. The summed E-state index contributed by atoms with van der Waals surface area (Å²) in [6, 6.07) is 6.32. The topological polar surface area (TPSA) is 45.2 Å². The summed E-state index contributed by atoms with van der Waals surface area (Å²) in [4.78, 5) is 18.1. The van der Waals surface area contributed by atoms with Crippen molar-refractivity contribution in [3.8, 4) is 0 Å². The number of piperidine rings is 1. The van der Waals surface area contributed by atoms with E-state index < -0.39 is 0 Å². The van der Waals surface area contributed by atoms with Crippen LogP contribution in [0.15, 0.2) is 24.4 Å².